The molecule has 0 aliphatic carbocycles. The van der Waals surface area contributed by atoms with Gasteiger partial charge in [0, 0.05) is 57.9 Å². The van der Waals surface area contributed by atoms with Gasteiger partial charge in [-0.25, -0.2) is 0 Å². The molecule has 0 bridgehead atoms. The van der Waals surface area contributed by atoms with E-state index in [1.165, 1.54) is 18.4 Å². The largest absolute Gasteiger partial charge is 0.383 e. The highest BCUT2D eigenvalue weighted by molar-refractivity contribution is 5.94. The number of aliphatic imine (C=N–C) groups is 1. The maximum atomic E-state index is 12.0. The molecule has 3 N–H and O–H groups in total. The summed E-state index contributed by atoms with van der Waals surface area (Å²) in [7, 11) is 3.53. The van der Waals surface area contributed by atoms with Gasteiger partial charge in [-0.1, -0.05) is 18.2 Å². The molecule has 2 unspecified atom stereocenters. The number of anilines is 1. The van der Waals surface area contributed by atoms with Gasteiger partial charge in [-0.2, -0.15) is 0 Å². The Kier molecular flexibility index (Phi) is 7.06. The van der Waals surface area contributed by atoms with Crippen LogP contribution in [0.25, 0.3) is 0 Å². The first-order valence-corrected chi connectivity index (χ1v) is 9.77. The third-order valence-electron chi connectivity index (χ3n) is 5.43. The van der Waals surface area contributed by atoms with Gasteiger partial charge in [0.05, 0.1) is 6.61 Å². The predicted molar refractivity (Wildman–Crippen MR) is 108 cm³/mol. The Labute approximate surface area is 161 Å². The molecule has 1 aromatic carbocycles. The molecule has 2 heterocycles. The molecule has 2 aliphatic rings. The molecule has 0 spiro atoms. The topological polar surface area (TPSA) is 78.0 Å². The lowest BCUT2D eigenvalue weighted by molar-refractivity contribution is -0.116. The number of methoxy groups -OCH3 is 1. The summed E-state index contributed by atoms with van der Waals surface area (Å²) in [6, 6.07) is 8.53. The first-order valence-electron chi connectivity index (χ1n) is 9.77. The normalized spacial score (nSPS) is 23.0. The second-order valence-electron chi connectivity index (χ2n) is 7.20. The summed E-state index contributed by atoms with van der Waals surface area (Å²) in [5.74, 6) is 1.01. The van der Waals surface area contributed by atoms with E-state index >= 15 is 0 Å². The molecule has 1 fully saturated rings. The molecular weight excluding hydrogens is 342 g/mol. The van der Waals surface area contributed by atoms with Crippen molar-refractivity contribution in [3.8, 4) is 0 Å². The number of hydrogen-bond donors (Lipinski definition) is 3. The van der Waals surface area contributed by atoms with E-state index in [2.05, 4.69) is 31.9 Å². The molecule has 7 nitrogen and oxygen atoms in total. The van der Waals surface area contributed by atoms with Crippen LogP contribution in [-0.4, -0.2) is 69.8 Å². The number of benzene rings is 1. The second kappa shape index (κ2) is 9.71. The quantitative estimate of drug-likeness (QED) is 0.497. The van der Waals surface area contributed by atoms with Crippen molar-refractivity contribution >= 4 is 17.6 Å². The zero-order valence-corrected chi connectivity index (χ0v) is 16.3. The van der Waals surface area contributed by atoms with Gasteiger partial charge in [0.25, 0.3) is 0 Å². The summed E-state index contributed by atoms with van der Waals surface area (Å²) in [6.07, 6.45) is 2.92. The number of hydrogen-bond acceptors (Lipinski definition) is 4. The predicted octanol–water partition coefficient (Wildman–Crippen LogP) is 1.39. The Balaban J connectivity index is 1.50. The highest BCUT2D eigenvalue weighted by Crippen LogP contribution is 2.31. The highest BCUT2D eigenvalue weighted by Gasteiger charge is 2.26. The van der Waals surface area contributed by atoms with Crippen LogP contribution in [0.4, 0.5) is 5.69 Å². The molecular formula is C20H31N5O2. The first-order chi connectivity index (χ1) is 13.2. The minimum Gasteiger partial charge on any atom is -0.383 e. The Hall–Kier alpha value is -2.12. The molecule has 2 aliphatic heterocycles. The Morgan fingerprint density at radius 3 is 2.96 bits per heavy atom. The van der Waals surface area contributed by atoms with E-state index < -0.39 is 0 Å². The van der Waals surface area contributed by atoms with E-state index in [4.69, 9.17) is 4.74 Å². The van der Waals surface area contributed by atoms with Gasteiger partial charge in [-0.3, -0.25) is 14.7 Å². The van der Waals surface area contributed by atoms with Crippen LogP contribution in [0, 0.1) is 0 Å². The lowest BCUT2D eigenvalue weighted by Crippen LogP contribution is -2.46. The fourth-order valence-corrected chi connectivity index (χ4v) is 3.97. The first kappa shape index (κ1) is 19.6. The third-order valence-corrected chi connectivity index (χ3v) is 5.43. The number of para-hydroxylation sites is 1. The number of nitrogens with one attached hydrogen (secondary N) is 3. The molecule has 7 heteroatoms. The number of nitrogens with zero attached hydrogens (tertiary/aromatic N) is 2. The summed E-state index contributed by atoms with van der Waals surface area (Å²) in [6.45, 7) is 4.43. The number of fused-ring (bicyclic) bond motifs is 1. The number of carbonyl (C=O) groups excluding carboxylic acids is 1. The molecule has 1 aromatic rings. The number of carbonyl (C=O) groups is 1. The molecule has 0 radical (unpaired) electrons. The van der Waals surface area contributed by atoms with Crippen LogP contribution in [-0.2, 0) is 9.53 Å². The van der Waals surface area contributed by atoms with Gasteiger partial charge in [0.15, 0.2) is 5.96 Å². The van der Waals surface area contributed by atoms with Gasteiger partial charge < -0.3 is 20.7 Å². The maximum absolute atomic E-state index is 12.0. The smallest absolute Gasteiger partial charge is 0.225 e. The van der Waals surface area contributed by atoms with Crippen molar-refractivity contribution in [2.24, 2.45) is 4.99 Å². The van der Waals surface area contributed by atoms with Crippen molar-refractivity contribution in [2.45, 2.75) is 31.2 Å². The molecule has 27 heavy (non-hydrogen) atoms. The molecule has 1 amide bonds. The average Bonchev–Trinajstić information content (AvgIpc) is 3.13. The Morgan fingerprint density at radius 2 is 2.15 bits per heavy atom. The van der Waals surface area contributed by atoms with Gasteiger partial charge in [0.2, 0.25) is 5.91 Å². The zero-order valence-electron chi connectivity index (χ0n) is 16.3. The number of guanidine groups is 1. The number of amides is 1. The Morgan fingerprint density at radius 1 is 1.33 bits per heavy atom. The maximum Gasteiger partial charge on any atom is 0.225 e. The SMILES string of the molecule is CN=C(NCC1CC(=O)Nc2ccccc21)NCC1CCCN1CCOC. The van der Waals surface area contributed by atoms with E-state index in [1.807, 2.05) is 18.2 Å². The fraction of sp³-hybridized carbons (Fsp3) is 0.600. The van der Waals surface area contributed by atoms with Crippen molar-refractivity contribution in [3.05, 3.63) is 29.8 Å². The van der Waals surface area contributed by atoms with Crippen LogP contribution in [0.15, 0.2) is 29.3 Å². The summed E-state index contributed by atoms with van der Waals surface area (Å²) in [4.78, 5) is 18.8. The summed E-state index contributed by atoms with van der Waals surface area (Å²) in [5, 5.41) is 9.79. The van der Waals surface area contributed by atoms with Crippen LogP contribution in [0.5, 0.6) is 0 Å². The third kappa shape index (κ3) is 5.20. The molecule has 0 saturated carbocycles. The van der Waals surface area contributed by atoms with Crippen LogP contribution in [0.1, 0.15) is 30.7 Å². The lowest BCUT2D eigenvalue weighted by atomic mass is 9.90. The van der Waals surface area contributed by atoms with E-state index in [0.29, 0.717) is 19.0 Å². The van der Waals surface area contributed by atoms with E-state index in [-0.39, 0.29) is 11.8 Å². The van der Waals surface area contributed by atoms with Crippen LogP contribution in [0.3, 0.4) is 0 Å². The second-order valence-corrected chi connectivity index (χ2v) is 7.20. The lowest BCUT2D eigenvalue weighted by Gasteiger charge is -2.27. The molecule has 2 atom stereocenters. The minimum absolute atomic E-state index is 0.0724. The van der Waals surface area contributed by atoms with Crippen LogP contribution in [0.2, 0.25) is 0 Å². The zero-order chi connectivity index (χ0) is 19.1. The minimum atomic E-state index is 0.0724. The summed E-state index contributed by atoms with van der Waals surface area (Å²) < 4.78 is 5.21. The number of ether oxygens (including phenoxy) is 1. The average molecular weight is 374 g/mol. The van der Waals surface area contributed by atoms with Gasteiger partial charge >= 0.3 is 0 Å². The molecule has 1 saturated heterocycles. The van der Waals surface area contributed by atoms with Gasteiger partial charge in [-0.15, -0.1) is 0 Å². The van der Waals surface area contributed by atoms with Crippen LogP contribution >= 0.6 is 0 Å². The van der Waals surface area contributed by atoms with Crippen molar-refractivity contribution in [1.82, 2.24) is 15.5 Å². The highest BCUT2D eigenvalue weighted by atomic mass is 16.5. The van der Waals surface area contributed by atoms with Crippen molar-refractivity contribution in [1.29, 1.82) is 0 Å². The van der Waals surface area contributed by atoms with Crippen molar-refractivity contribution in [3.63, 3.8) is 0 Å². The van der Waals surface area contributed by atoms with E-state index in [9.17, 15) is 4.79 Å². The van der Waals surface area contributed by atoms with Crippen molar-refractivity contribution in [2.75, 3.05) is 52.3 Å². The summed E-state index contributed by atoms with van der Waals surface area (Å²) in [5.41, 5.74) is 2.10. The standard InChI is InChI=1S/C20H31N5O2/c1-21-20(23-14-16-6-5-9-25(16)10-11-27-2)22-13-15-12-19(26)24-18-8-4-3-7-17(15)18/h3-4,7-8,15-16H,5-6,9-14H2,1-2H3,(H,24,26)(H2,21,22,23). The van der Waals surface area contributed by atoms with Crippen LogP contribution < -0.4 is 16.0 Å². The number of rotatable bonds is 7. The fourth-order valence-electron chi connectivity index (χ4n) is 3.97. The van der Waals surface area contributed by atoms with Gasteiger partial charge in [-0.05, 0) is 31.0 Å². The van der Waals surface area contributed by atoms with E-state index in [0.717, 1.165) is 37.9 Å². The molecule has 148 valence electrons. The Bertz CT molecular complexity index is 664. The molecule has 3 rings (SSSR count). The monoisotopic (exact) mass is 373 g/mol. The van der Waals surface area contributed by atoms with Gasteiger partial charge in [0.1, 0.15) is 0 Å². The molecule has 0 aromatic heterocycles. The van der Waals surface area contributed by atoms with Crippen molar-refractivity contribution < 1.29 is 9.53 Å². The summed E-state index contributed by atoms with van der Waals surface area (Å²) >= 11 is 0. The number of likely N-dealkylation sites (tertiary alicyclic amines) is 1. The van der Waals surface area contributed by atoms with E-state index in [1.54, 1.807) is 14.2 Å².